The molecule has 0 aromatic carbocycles. The van der Waals surface area contributed by atoms with E-state index < -0.39 is 0 Å². The van der Waals surface area contributed by atoms with E-state index in [1.807, 2.05) is 20.8 Å². The maximum absolute atomic E-state index is 11.6. The van der Waals surface area contributed by atoms with Gasteiger partial charge in [0.1, 0.15) is 0 Å². The van der Waals surface area contributed by atoms with Crippen LogP contribution in [0.2, 0.25) is 0 Å². The molecule has 1 amide bonds. The first-order chi connectivity index (χ1) is 8.38. The molecule has 7 nitrogen and oxygen atoms in total. The van der Waals surface area contributed by atoms with E-state index in [0.717, 1.165) is 0 Å². The van der Waals surface area contributed by atoms with Crippen LogP contribution in [0.4, 0.5) is 11.9 Å². The number of aromatic nitrogens is 3. The predicted molar refractivity (Wildman–Crippen MR) is 71.8 cm³/mol. The Morgan fingerprint density at radius 1 is 1.22 bits per heavy atom. The number of carbonyl (C=O) groups is 1. The number of hydrogen-bond donors (Lipinski definition) is 3. The van der Waals surface area contributed by atoms with Crippen molar-refractivity contribution in [2.45, 2.75) is 32.0 Å². The number of nitrogens with zero attached hydrogens (tertiary/aromatic N) is 3. The van der Waals surface area contributed by atoms with Gasteiger partial charge in [-0.1, -0.05) is 25.6 Å². The average Bonchev–Trinajstić information content (AvgIpc) is 2.25. The van der Waals surface area contributed by atoms with Gasteiger partial charge in [-0.15, -0.1) is 0 Å². The van der Waals surface area contributed by atoms with Crippen molar-refractivity contribution in [2.24, 2.45) is 5.92 Å². The Morgan fingerprint density at radius 2 is 1.78 bits per heavy atom. The second-order valence-corrected chi connectivity index (χ2v) is 5.17. The molecule has 0 aliphatic rings. The molecule has 1 rings (SSSR count). The smallest absolute Gasteiger partial charge is 0.230 e. The fourth-order valence-corrected chi connectivity index (χ4v) is 1.70. The predicted octanol–water partition coefficient (Wildman–Crippen LogP) is 0.289. The quantitative estimate of drug-likeness (QED) is 0.657. The standard InChI is InChI=1S/C10H18N6OS/c1-5(2)6(3)13-7(17)4-18-10-15-8(11)14-9(12)16-10/h5-6H,4H2,1-3H3,(H,13,17)(H4,11,12,14,15,16). The second kappa shape index (κ2) is 6.39. The van der Waals surface area contributed by atoms with E-state index in [-0.39, 0.29) is 29.6 Å². The largest absolute Gasteiger partial charge is 0.368 e. The Morgan fingerprint density at radius 3 is 2.28 bits per heavy atom. The van der Waals surface area contributed by atoms with Crippen LogP contribution in [-0.4, -0.2) is 32.7 Å². The van der Waals surface area contributed by atoms with Crippen molar-refractivity contribution in [3.8, 4) is 0 Å². The number of anilines is 2. The lowest BCUT2D eigenvalue weighted by molar-refractivity contribution is -0.119. The molecule has 0 saturated carbocycles. The SMILES string of the molecule is CC(C)C(C)NC(=O)CSc1nc(N)nc(N)n1. The number of nitrogen functional groups attached to an aromatic ring is 2. The average molecular weight is 270 g/mol. The molecule has 1 atom stereocenters. The molecule has 18 heavy (non-hydrogen) atoms. The van der Waals surface area contributed by atoms with Crippen molar-refractivity contribution in [3.05, 3.63) is 0 Å². The fraction of sp³-hybridized carbons (Fsp3) is 0.600. The number of amides is 1. The lowest BCUT2D eigenvalue weighted by atomic mass is 10.1. The molecule has 5 N–H and O–H groups in total. The van der Waals surface area contributed by atoms with Gasteiger partial charge in [-0.25, -0.2) is 0 Å². The first-order valence-electron chi connectivity index (χ1n) is 5.57. The van der Waals surface area contributed by atoms with Crippen molar-refractivity contribution in [1.29, 1.82) is 0 Å². The van der Waals surface area contributed by atoms with E-state index in [0.29, 0.717) is 11.1 Å². The summed E-state index contributed by atoms with van der Waals surface area (Å²) >= 11 is 1.18. The first-order valence-corrected chi connectivity index (χ1v) is 6.56. The summed E-state index contributed by atoms with van der Waals surface area (Å²) in [5.41, 5.74) is 10.9. The molecule has 8 heteroatoms. The van der Waals surface area contributed by atoms with E-state index in [4.69, 9.17) is 11.5 Å². The summed E-state index contributed by atoms with van der Waals surface area (Å²) in [6, 6.07) is 0.131. The minimum Gasteiger partial charge on any atom is -0.368 e. The monoisotopic (exact) mass is 270 g/mol. The van der Waals surface area contributed by atoms with Gasteiger partial charge >= 0.3 is 0 Å². The van der Waals surface area contributed by atoms with E-state index in [2.05, 4.69) is 20.3 Å². The van der Waals surface area contributed by atoms with Gasteiger partial charge in [-0.3, -0.25) is 4.79 Å². The third-order valence-corrected chi connectivity index (χ3v) is 3.22. The van der Waals surface area contributed by atoms with Crippen molar-refractivity contribution >= 4 is 29.6 Å². The van der Waals surface area contributed by atoms with Gasteiger partial charge in [0.15, 0.2) is 5.16 Å². The Bertz CT molecular complexity index is 405. The minimum atomic E-state index is -0.0706. The normalized spacial score (nSPS) is 12.4. The molecule has 0 saturated heterocycles. The highest BCUT2D eigenvalue weighted by molar-refractivity contribution is 7.99. The Balaban J connectivity index is 2.47. The van der Waals surface area contributed by atoms with Crippen LogP contribution < -0.4 is 16.8 Å². The molecule has 0 aliphatic heterocycles. The van der Waals surface area contributed by atoms with Crippen molar-refractivity contribution in [3.63, 3.8) is 0 Å². The molecule has 0 radical (unpaired) electrons. The molecule has 100 valence electrons. The Hall–Kier alpha value is -1.57. The number of rotatable bonds is 5. The summed E-state index contributed by atoms with van der Waals surface area (Å²) in [6.45, 7) is 6.06. The number of carbonyl (C=O) groups excluding carboxylic acids is 1. The van der Waals surface area contributed by atoms with Crippen LogP contribution in [0, 0.1) is 5.92 Å². The van der Waals surface area contributed by atoms with Crippen LogP contribution in [0.1, 0.15) is 20.8 Å². The molecule has 1 unspecified atom stereocenters. The van der Waals surface area contributed by atoms with Crippen molar-refractivity contribution in [2.75, 3.05) is 17.2 Å². The van der Waals surface area contributed by atoms with E-state index in [1.54, 1.807) is 0 Å². The van der Waals surface area contributed by atoms with Gasteiger partial charge in [0, 0.05) is 6.04 Å². The zero-order valence-corrected chi connectivity index (χ0v) is 11.5. The van der Waals surface area contributed by atoms with Gasteiger partial charge in [0.05, 0.1) is 5.75 Å². The summed E-state index contributed by atoms with van der Waals surface area (Å²) < 4.78 is 0. The van der Waals surface area contributed by atoms with Crippen LogP contribution in [0.3, 0.4) is 0 Å². The third kappa shape index (κ3) is 4.74. The summed E-state index contributed by atoms with van der Waals surface area (Å²) in [5, 5.41) is 3.24. The van der Waals surface area contributed by atoms with Crippen LogP contribution in [0.15, 0.2) is 5.16 Å². The van der Waals surface area contributed by atoms with E-state index >= 15 is 0 Å². The highest BCUT2D eigenvalue weighted by Gasteiger charge is 2.12. The molecule has 0 fully saturated rings. The zero-order chi connectivity index (χ0) is 13.7. The van der Waals surface area contributed by atoms with Gasteiger partial charge in [0.2, 0.25) is 17.8 Å². The maximum atomic E-state index is 11.6. The lowest BCUT2D eigenvalue weighted by Crippen LogP contribution is -2.37. The first kappa shape index (κ1) is 14.5. The highest BCUT2D eigenvalue weighted by atomic mass is 32.2. The maximum Gasteiger partial charge on any atom is 0.230 e. The number of nitrogens with two attached hydrogens (primary N) is 2. The van der Waals surface area contributed by atoms with E-state index in [1.165, 1.54) is 11.8 Å². The van der Waals surface area contributed by atoms with Crippen molar-refractivity contribution in [1.82, 2.24) is 20.3 Å². The summed E-state index contributed by atoms with van der Waals surface area (Å²) in [4.78, 5) is 23.0. The number of thioether (sulfide) groups is 1. The molecule has 0 spiro atoms. The van der Waals surface area contributed by atoms with Crippen LogP contribution in [-0.2, 0) is 4.79 Å². The summed E-state index contributed by atoms with van der Waals surface area (Å²) in [7, 11) is 0. The highest BCUT2D eigenvalue weighted by Crippen LogP contribution is 2.14. The van der Waals surface area contributed by atoms with Crippen LogP contribution >= 0.6 is 11.8 Å². The van der Waals surface area contributed by atoms with Crippen LogP contribution in [0.5, 0.6) is 0 Å². The third-order valence-electron chi connectivity index (χ3n) is 2.37. The Labute approximate surface area is 110 Å². The topological polar surface area (TPSA) is 120 Å². The molecular weight excluding hydrogens is 252 g/mol. The molecule has 1 aromatic rings. The molecule has 0 bridgehead atoms. The lowest BCUT2D eigenvalue weighted by Gasteiger charge is -2.16. The van der Waals surface area contributed by atoms with Gasteiger partial charge < -0.3 is 16.8 Å². The van der Waals surface area contributed by atoms with Gasteiger partial charge in [0.25, 0.3) is 0 Å². The molecule has 1 heterocycles. The molecule has 1 aromatic heterocycles. The summed E-state index contributed by atoms with van der Waals surface area (Å²) in [6.07, 6.45) is 0. The minimum absolute atomic E-state index is 0.0564. The molecule has 0 aliphatic carbocycles. The zero-order valence-electron chi connectivity index (χ0n) is 10.7. The summed E-state index contributed by atoms with van der Waals surface area (Å²) in [5.74, 6) is 0.656. The van der Waals surface area contributed by atoms with Crippen LogP contribution in [0.25, 0.3) is 0 Å². The number of nitrogens with one attached hydrogen (secondary N) is 1. The molecular formula is C10H18N6OS. The fourth-order valence-electron chi connectivity index (χ4n) is 1.05. The van der Waals surface area contributed by atoms with Crippen molar-refractivity contribution < 1.29 is 4.79 Å². The van der Waals surface area contributed by atoms with Gasteiger partial charge in [-0.2, -0.15) is 15.0 Å². The second-order valence-electron chi connectivity index (χ2n) is 4.22. The Kier molecular flexibility index (Phi) is 5.14. The number of hydrogen-bond acceptors (Lipinski definition) is 7. The van der Waals surface area contributed by atoms with Gasteiger partial charge in [-0.05, 0) is 12.8 Å². The van der Waals surface area contributed by atoms with E-state index in [9.17, 15) is 4.79 Å².